The third-order valence-corrected chi connectivity index (χ3v) is 5.29. The van der Waals surface area contributed by atoms with Gasteiger partial charge in [-0.05, 0) is 31.2 Å². The number of aliphatic hydroxyl groups excluding tert-OH is 1. The molecule has 1 amide bonds. The molecule has 2 atom stereocenters. The van der Waals surface area contributed by atoms with E-state index in [4.69, 9.17) is 11.6 Å². The van der Waals surface area contributed by atoms with Crippen molar-refractivity contribution in [2.24, 2.45) is 0 Å². The van der Waals surface area contributed by atoms with Crippen LogP contribution in [0.25, 0.3) is 0 Å². The average Bonchev–Trinajstić information content (AvgIpc) is 3.09. The molecule has 0 aliphatic carbocycles. The first kappa shape index (κ1) is 22.8. The molecule has 0 spiro atoms. The zero-order valence-corrected chi connectivity index (χ0v) is 17.2. The number of amides is 1. The lowest BCUT2D eigenvalue weighted by Gasteiger charge is -2.30. The van der Waals surface area contributed by atoms with Crippen LogP contribution in [0.1, 0.15) is 23.2 Å². The first-order valence-electron chi connectivity index (χ1n) is 9.10. The van der Waals surface area contributed by atoms with Gasteiger partial charge in [0.2, 0.25) is 5.91 Å². The van der Waals surface area contributed by atoms with Crippen LogP contribution in [0.15, 0.2) is 24.3 Å². The van der Waals surface area contributed by atoms with Crippen LogP contribution in [-0.4, -0.2) is 41.7 Å². The van der Waals surface area contributed by atoms with E-state index in [2.05, 4.69) is 4.98 Å². The minimum atomic E-state index is -4.80. The van der Waals surface area contributed by atoms with Crippen molar-refractivity contribution in [3.63, 3.8) is 0 Å². The highest BCUT2D eigenvalue weighted by Gasteiger charge is 2.42. The van der Waals surface area contributed by atoms with Gasteiger partial charge in [-0.25, -0.2) is 9.37 Å². The molecule has 0 radical (unpaired) electrons. The Hall–Kier alpha value is -2.90. The molecule has 6 nitrogen and oxygen atoms in total. The fourth-order valence-electron chi connectivity index (χ4n) is 3.52. The summed E-state index contributed by atoms with van der Waals surface area (Å²) in [5, 5.41) is 19.4. The maximum absolute atomic E-state index is 13.5. The number of aryl methyl sites for hydroxylation is 1. The van der Waals surface area contributed by atoms with Gasteiger partial charge in [-0.1, -0.05) is 11.6 Å². The minimum absolute atomic E-state index is 0.00702. The Kier molecular flexibility index (Phi) is 6.11. The van der Waals surface area contributed by atoms with Crippen LogP contribution in [0, 0.1) is 24.1 Å². The molecule has 1 aromatic heterocycles. The molecule has 1 aliphatic heterocycles. The van der Waals surface area contributed by atoms with Crippen molar-refractivity contribution in [3.8, 4) is 6.07 Å². The van der Waals surface area contributed by atoms with Crippen molar-refractivity contribution in [2.45, 2.75) is 31.7 Å². The third-order valence-electron chi connectivity index (χ3n) is 5.00. The van der Waals surface area contributed by atoms with Gasteiger partial charge in [0.1, 0.15) is 29.3 Å². The van der Waals surface area contributed by atoms with Gasteiger partial charge in [-0.2, -0.15) is 18.4 Å². The van der Waals surface area contributed by atoms with E-state index in [1.54, 1.807) is 0 Å². The molecule has 1 fully saturated rings. The van der Waals surface area contributed by atoms with Crippen molar-refractivity contribution >= 4 is 29.0 Å². The Balaban J connectivity index is 2.04. The van der Waals surface area contributed by atoms with Gasteiger partial charge in [0, 0.05) is 31.4 Å². The number of nitriles is 1. The summed E-state index contributed by atoms with van der Waals surface area (Å²) in [6.45, 7) is 1.16. The van der Waals surface area contributed by atoms with E-state index >= 15 is 0 Å². The van der Waals surface area contributed by atoms with Gasteiger partial charge in [0.15, 0.2) is 0 Å². The summed E-state index contributed by atoms with van der Waals surface area (Å²) in [6.07, 6.45) is -5.91. The highest BCUT2D eigenvalue weighted by atomic mass is 35.5. The molecule has 1 aliphatic rings. The van der Waals surface area contributed by atoms with Crippen LogP contribution in [0.2, 0.25) is 5.02 Å². The Morgan fingerprint density at radius 1 is 1.39 bits per heavy atom. The number of anilines is 2. The molecule has 0 bridgehead atoms. The quantitative estimate of drug-likeness (QED) is 0.713. The minimum Gasteiger partial charge on any atom is -0.391 e. The lowest BCUT2D eigenvalue weighted by Crippen LogP contribution is -2.45. The Bertz CT molecular complexity index is 1070. The number of carbonyl (C=O) groups is 1. The fourth-order valence-corrected chi connectivity index (χ4v) is 3.70. The molecule has 1 aromatic carbocycles. The van der Waals surface area contributed by atoms with Crippen LogP contribution < -0.4 is 9.80 Å². The number of aromatic nitrogens is 1. The Morgan fingerprint density at radius 2 is 2.06 bits per heavy atom. The number of likely N-dealkylation sites (N-methyl/N-ethyl adjacent to an activating group) is 1. The van der Waals surface area contributed by atoms with Crippen LogP contribution >= 0.6 is 11.6 Å². The zero-order valence-electron chi connectivity index (χ0n) is 16.4. The van der Waals surface area contributed by atoms with Crippen molar-refractivity contribution in [3.05, 3.63) is 51.9 Å². The number of halogens is 5. The first-order valence-corrected chi connectivity index (χ1v) is 9.48. The SMILES string of the molecule is Cc1cc(C(F)(F)F)c(C#N)c(N2CC(O)CC2C(=O)N(C)c2ccc(F)c(Cl)c2)n1. The second-order valence-electron chi connectivity index (χ2n) is 7.17. The number of alkyl halides is 3. The highest BCUT2D eigenvalue weighted by Crippen LogP contribution is 2.38. The second-order valence-corrected chi connectivity index (χ2v) is 7.58. The van der Waals surface area contributed by atoms with E-state index in [1.807, 2.05) is 0 Å². The number of aliphatic hydroxyl groups is 1. The molecule has 2 unspecified atom stereocenters. The van der Waals surface area contributed by atoms with Crippen LogP contribution in [0.4, 0.5) is 29.1 Å². The van der Waals surface area contributed by atoms with E-state index in [0.29, 0.717) is 0 Å². The smallest absolute Gasteiger partial charge is 0.391 e. The Labute approximate surface area is 180 Å². The monoisotopic (exact) mass is 456 g/mol. The molecule has 1 saturated heterocycles. The number of hydrogen-bond acceptors (Lipinski definition) is 5. The number of hydrogen-bond donors (Lipinski definition) is 1. The van der Waals surface area contributed by atoms with Crippen molar-refractivity contribution < 1.29 is 27.5 Å². The van der Waals surface area contributed by atoms with Crippen molar-refractivity contribution in [1.82, 2.24) is 4.98 Å². The summed E-state index contributed by atoms with van der Waals surface area (Å²) in [5.74, 6) is -1.58. The molecule has 0 saturated carbocycles. The van der Waals surface area contributed by atoms with E-state index in [1.165, 1.54) is 37.1 Å². The lowest BCUT2D eigenvalue weighted by molar-refractivity contribution is -0.137. The molecular formula is C20H17ClF4N4O2. The standard InChI is InChI=1S/C20H17ClF4N4O2/c1-10-5-14(20(23,24)25)13(8-26)18(27-10)29-9-12(30)7-17(29)19(31)28(2)11-3-4-16(22)15(21)6-11/h3-6,12,17,30H,7,9H2,1-2H3. The molecule has 3 rings (SSSR count). The lowest BCUT2D eigenvalue weighted by atomic mass is 10.1. The summed E-state index contributed by atoms with van der Waals surface area (Å²) in [7, 11) is 1.39. The summed E-state index contributed by atoms with van der Waals surface area (Å²) in [4.78, 5) is 19.6. The predicted octanol–water partition coefficient (Wildman–Crippen LogP) is 3.68. The average molecular weight is 457 g/mol. The van der Waals surface area contributed by atoms with Gasteiger partial charge >= 0.3 is 6.18 Å². The normalized spacial score (nSPS) is 18.7. The number of benzene rings is 1. The van der Waals surface area contributed by atoms with Gasteiger partial charge in [0.25, 0.3) is 0 Å². The van der Waals surface area contributed by atoms with Crippen molar-refractivity contribution in [2.75, 3.05) is 23.4 Å². The number of rotatable bonds is 3. The van der Waals surface area contributed by atoms with Gasteiger partial charge in [-0.15, -0.1) is 0 Å². The second kappa shape index (κ2) is 8.32. The van der Waals surface area contributed by atoms with Gasteiger partial charge in [0.05, 0.1) is 16.7 Å². The number of β-amino-alcohol motifs (C(OH)–C–C–N with tert-alkyl or cyclic N) is 1. The molecular weight excluding hydrogens is 440 g/mol. The molecule has 1 N–H and O–H groups in total. The van der Waals surface area contributed by atoms with E-state index in [-0.39, 0.29) is 35.2 Å². The van der Waals surface area contributed by atoms with E-state index in [0.717, 1.165) is 17.0 Å². The largest absolute Gasteiger partial charge is 0.417 e. The summed E-state index contributed by atoms with van der Waals surface area (Å²) < 4.78 is 53.9. The van der Waals surface area contributed by atoms with Crippen LogP contribution in [-0.2, 0) is 11.0 Å². The maximum atomic E-state index is 13.5. The maximum Gasteiger partial charge on any atom is 0.417 e. The first-order chi connectivity index (χ1) is 14.4. The predicted molar refractivity (Wildman–Crippen MR) is 105 cm³/mol. The topological polar surface area (TPSA) is 80.5 Å². The van der Waals surface area contributed by atoms with Crippen LogP contribution in [0.5, 0.6) is 0 Å². The van der Waals surface area contributed by atoms with Crippen molar-refractivity contribution in [1.29, 1.82) is 5.26 Å². The summed E-state index contributed by atoms with van der Waals surface area (Å²) >= 11 is 5.77. The van der Waals surface area contributed by atoms with E-state index < -0.39 is 41.2 Å². The van der Waals surface area contributed by atoms with Gasteiger partial charge in [-0.3, -0.25) is 4.79 Å². The summed E-state index contributed by atoms with van der Waals surface area (Å²) in [6, 6.07) is 4.84. The summed E-state index contributed by atoms with van der Waals surface area (Å²) in [5.41, 5.74) is -1.62. The number of carbonyl (C=O) groups excluding carboxylic acids is 1. The van der Waals surface area contributed by atoms with E-state index in [9.17, 15) is 32.7 Å². The number of pyridine rings is 1. The third kappa shape index (κ3) is 4.43. The van der Waals surface area contributed by atoms with Crippen LogP contribution in [0.3, 0.4) is 0 Å². The molecule has 11 heteroatoms. The Morgan fingerprint density at radius 3 is 2.65 bits per heavy atom. The molecule has 2 heterocycles. The number of nitrogens with zero attached hydrogens (tertiary/aromatic N) is 4. The fraction of sp³-hybridized carbons (Fsp3) is 0.350. The molecule has 164 valence electrons. The molecule has 31 heavy (non-hydrogen) atoms. The zero-order chi connectivity index (χ0) is 23.1. The van der Waals surface area contributed by atoms with Gasteiger partial charge < -0.3 is 14.9 Å². The highest BCUT2D eigenvalue weighted by molar-refractivity contribution is 6.31. The molecule has 2 aromatic rings.